The Morgan fingerprint density at radius 2 is 1.92 bits per heavy atom. The van der Waals surface area contributed by atoms with Crippen molar-refractivity contribution in [2.24, 2.45) is 0 Å². The number of thiol groups is 1. The summed E-state index contributed by atoms with van der Waals surface area (Å²) in [5.74, 6) is 1.81. The fraction of sp³-hybridized carbons (Fsp3) is 0.571. The minimum Gasteiger partial charge on any atom is -0.351 e. The number of aromatic nitrogens is 3. The molecule has 5 nitrogen and oxygen atoms in total. The number of rotatable bonds is 3. The molecule has 2 rings (SSSR count). The molecule has 1 aliphatic rings. The summed E-state index contributed by atoms with van der Waals surface area (Å²) in [6, 6.07) is 0.551. The van der Waals surface area contributed by atoms with E-state index in [1.165, 1.54) is 12.8 Å². The third-order valence-electron chi connectivity index (χ3n) is 1.76. The SMILES string of the molecule is Cc1nc(NS)nc(NC2CC2)n1. The summed E-state index contributed by atoms with van der Waals surface area (Å²) in [7, 11) is 0. The molecule has 6 heteroatoms. The van der Waals surface area contributed by atoms with Crippen LogP contribution in [0.2, 0.25) is 0 Å². The minimum absolute atomic E-state index is 0.485. The molecule has 1 aliphatic carbocycles. The van der Waals surface area contributed by atoms with Crippen molar-refractivity contribution in [3.63, 3.8) is 0 Å². The predicted octanol–water partition coefficient (Wildman–Crippen LogP) is 1.01. The van der Waals surface area contributed by atoms with Crippen molar-refractivity contribution in [3.05, 3.63) is 5.82 Å². The zero-order chi connectivity index (χ0) is 9.26. The highest BCUT2D eigenvalue weighted by Crippen LogP contribution is 2.23. The smallest absolute Gasteiger partial charge is 0.237 e. The van der Waals surface area contributed by atoms with E-state index in [2.05, 4.69) is 37.8 Å². The van der Waals surface area contributed by atoms with Crippen LogP contribution >= 0.6 is 12.8 Å². The van der Waals surface area contributed by atoms with Gasteiger partial charge in [-0.15, -0.1) is 0 Å². The molecule has 0 amide bonds. The number of hydrogen-bond acceptors (Lipinski definition) is 6. The van der Waals surface area contributed by atoms with Gasteiger partial charge >= 0.3 is 0 Å². The van der Waals surface area contributed by atoms with Gasteiger partial charge in [-0.3, -0.25) is 0 Å². The molecule has 70 valence electrons. The molecule has 1 aromatic rings. The lowest BCUT2D eigenvalue weighted by molar-refractivity contribution is 0.963. The van der Waals surface area contributed by atoms with Gasteiger partial charge in [-0.2, -0.15) is 15.0 Å². The number of aryl methyl sites for hydroxylation is 1. The summed E-state index contributed by atoms with van der Waals surface area (Å²) in [6.07, 6.45) is 2.41. The average Bonchev–Trinajstić information content (AvgIpc) is 2.87. The van der Waals surface area contributed by atoms with Gasteiger partial charge < -0.3 is 10.0 Å². The molecular weight excluding hydrogens is 186 g/mol. The number of anilines is 2. The van der Waals surface area contributed by atoms with Crippen molar-refractivity contribution in [1.29, 1.82) is 0 Å². The Morgan fingerprint density at radius 1 is 1.23 bits per heavy atom. The van der Waals surface area contributed by atoms with Crippen molar-refractivity contribution in [2.45, 2.75) is 25.8 Å². The van der Waals surface area contributed by atoms with Gasteiger partial charge in [0.25, 0.3) is 0 Å². The second-order valence-corrected chi connectivity index (χ2v) is 3.28. The van der Waals surface area contributed by atoms with Gasteiger partial charge in [-0.1, -0.05) is 12.8 Å². The van der Waals surface area contributed by atoms with E-state index in [1.807, 2.05) is 6.92 Å². The van der Waals surface area contributed by atoms with E-state index in [-0.39, 0.29) is 0 Å². The van der Waals surface area contributed by atoms with Crippen LogP contribution in [0.4, 0.5) is 11.9 Å². The van der Waals surface area contributed by atoms with Crippen molar-refractivity contribution < 1.29 is 0 Å². The molecule has 0 unspecified atom stereocenters. The van der Waals surface area contributed by atoms with Crippen molar-refractivity contribution in [1.82, 2.24) is 15.0 Å². The Kier molecular flexibility index (Phi) is 2.22. The van der Waals surface area contributed by atoms with Gasteiger partial charge in [0.05, 0.1) is 0 Å². The molecule has 1 saturated carbocycles. The average molecular weight is 197 g/mol. The van der Waals surface area contributed by atoms with Gasteiger partial charge in [0.2, 0.25) is 11.9 Å². The van der Waals surface area contributed by atoms with Gasteiger partial charge in [0.1, 0.15) is 5.82 Å². The fourth-order valence-electron chi connectivity index (χ4n) is 1.01. The summed E-state index contributed by atoms with van der Waals surface area (Å²) in [4.78, 5) is 12.3. The van der Waals surface area contributed by atoms with Crippen LogP contribution in [0.1, 0.15) is 18.7 Å². The van der Waals surface area contributed by atoms with E-state index in [9.17, 15) is 0 Å². The van der Waals surface area contributed by atoms with Crippen LogP contribution in [0, 0.1) is 6.92 Å². The van der Waals surface area contributed by atoms with E-state index in [0.717, 1.165) is 0 Å². The standard InChI is InChI=1S/C7H11N5S/c1-4-8-6(10-5-2-3-5)11-7(9-4)12-13/h5,13H,2-3H2,1H3,(H2,8,9,10,11,12). The van der Waals surface area contributed by atoms with E-state index in [4.69, 9.17) is 0 Å². The molecule has 0 aromatic carbocycles. The summed E-state index contributed by atoms with van der Waals surface area (Å²) < 4.78 is 2.59. The molecule has 1 fully saturated rings. The molecule has 0 atom stereocenters. The van der Waals surface area contributed by atoms with E-state index in [0.29, 0.717) is 23.8 Å². The first-order chi connectivity index (χ1) is 6.28. The Balaban J connectivity index is 2.17. The topological polar surface area (TPSA) is 62.7 Å². The van der Waals surface area contributed by atoms with Gasteiger partial charge in [0, 0.05) is 6.04 Å². The molecule has 1 heterocycles. The van der Waals surface area contributed by atoms with Gasteiger partial charge in [0.15, 0.2) is 0 Å². The third-order valence-corrected chi connectivity index (χ3v) is 1.96. The zero-order valence-corrected chi connectivity index (χ0v) is 8.17. The highest BCUT2D eigenvalue weighted by molar-refractivity contribution is 7.81. The summed E-state index contributed by atoms with van der Waals surface area (Å²) in [5, 5.41) is 3.20. The molecule has 0 aliphatic heterocycles. The number of nitrogens with one attached hydrogen (secondary N) is 2. The first-order valence-electron chi connectivity index (χ1n) is 4.17. The lowest BCUT2D eigenvalue weighted by Crippen LogP contribution is -2.08. The third kappa shape index (κ3) is 2.21. The monoisotopic (exact) mass is 197 g/mol. The zero-order valence-electron chi connectivity index (χ0n) is 7.28. The second kappa shape index (κ2) is 3.37. The first kappa shape index (κ1) is 8.55. The van der Waals surface area contributed by atoms with Crippen molar-refractivity contribution in [3.8, 4) is 0 Å². The molecule has 13 heavy (non-hydrogen) atoms. The maximum atomic E-state index is 4.15. The lowest BCUT2D eigenvalue weighted by Gasteiger charge is -2.04. The fourth-order valence-corrected chi connectivity index (χ4v) is 1.11. The van der Waals surface area contributed by atoms with Gasteiger partial charge in [-0.05, 0) is 19.8 Å². The largest absolute Gasteiger partial charge is 0.351 e. The van der Waals surface area contributed by atoms with Crippen molar-refractivity contribution >= 4 is 24.7 Å². The summed E-state index contributed by atoms with van der Waals surface area (Å²) in [5.41, 5.74) is 0. The summed E-state index contributed by atoms with van der Waals surface area (Å²) >= 11 is 3.88. The quantitative estimate of drug-likeness (QED) is 0.631. The van der Waals surface area contributed by atoms with Crippen LogP contribution in [0.3, 0.4) is 0 Å². The van der Waals surface area contributed by atoms with Crippen LogP contribution in [0.25, 0.3) is 0 Å². The lowest BCUT2D eigenvalue weighted by atomic mass is 10.6. The molecule has 0 spiro atoms. The highest BCUT2D eigenvalue weighted by Gasteiger charge is 2.22. The maximum Gasteiger partial charge on any atom is 0.237 e. The van der Waals surface area contributed by atoms with Crippen LogP contribution in [0.5, 0.6) is 0 Å². The van der Waals surface area contributed by atoms with Gasteiger partial charge in [-0.25, -0.2) is 0 Å². The molecule has 1 aromatic heterocycles. The Morgan fingerprint density at radius 3 is 2.54 bits per heavy atom. The summed E-state index contributed by atoms with van der Waals surface area (Å²) in [6.45, 7) is 1.83. The molecule has 0 bridgehead atoms. The Labute approximate surface area is 81.9 Å². The Hall–Kier alpha value is -1.04. The highest BCUT2D eigenvalue weighted by atomic mass is 32.1. The second-order valence-electron chi connectivity index (χ2n) is 3.06. The predicted molar refractivity (Wildman–Crippen MR) is 53.8 cm³/mol. The Bertz CT molecular complexity index is 312. The van der Waals surface area contributed by atoms with Crippen LogP contribution in [0.15, 0.2) is 0 Å². The molecule has 0 saturated heterocycles. The van der Waals surface area contributed by atoms with Crippen LogP contribution < -0.4 is 10.0 Å². The van der Waals surface area contributed by atoms with E-state index in [1.54, 1.807) is 0 Å². The van der Waals surface area contributed by atoms with E-state index < -0.39 is 0 Å². The number of nitrogens with zero attached hydrogens (tertiary/aromatic N) is 3. The van der Waals surface area contributed by atoms with E-state index >= 15 is 0 Å². The maximum absolute atomic E-state index is 4.15. The van der Waals surface area contributed by atoms with Crippen molar-refractivity contribution in [2.75, 3.05) is 10.0 Å². The number of hydrogen-bond donors (Lipinski definition) is 3. The molecular formula is C7H11N5S. The molecule has 0 radical (unpaired) electrons. The van der Waals surface area contributed by atoms with Crippen LogP contribution in [-0.2, 0) is 0 Å². The van der Waals surface area contributed by atoms with Crippen LogP contribution in [-0.4, -0.2) is 21.0 Å². The molecule has 2 N–H and O–H groups in total. The first-order valence-corrected chi connectivity index (χ1v) is 4.62. The minimum atomic E-state index is 0.485. The normalized spacial score (nSPS) is 15.5.